The molecule has 0 bridgehead atoms. The van der Waals surface area contributed by atoms with Crippen LogP contribution in [-0.4, -0.2) is 37.2 Å². The quantitative estimate of drug-likeness (QED) is 0.292. The number of nitrogens with one attached hydrogen (secondary N) is 1. The van der Waals surface area contributed by atoms with Crippen LogP contribution in [0.1, 0.15) is 56.8 Å². The topological polar surface area (TPSA) is 47.6 Å². The number of anilines is 1. The molecular weight excluding hydrogens is 378 g/mol. The number of methoxy groups -OCH3 is 1. The smallest absolute Gasteiger partial charge is 0.328 e. The lowest BCUT2D eigenvalue weighted by atomic mass is 9.83. The highest BCUT2D eigenvalue weighted by atomic mass is 32.2. The molecule has 3 atom stereocenters. The standard InChI is InChI=1S/C21H33NO3S2/c1-4-6-7-9-16-19(21(23)25-5-2)22-18-11-10-15(24-3)14-17(18)20(16)27-13-8-12-26/h10-11,14,16,19-20,22,26H,4-9,12-13H2,1-3H3/t16-,19-,20?/m0/s1. The summed E-state index contributed by atoms with van der Waals surface area (Å²) in [5, 5.41) is 3.72. The van der Waals surface area contributed by atoms with Crippen molar-refractivity contribution in [1.82, 2.24) is 0 Å². The lowest BCUT2D eigenvalue weighted by molar-refractivity contribution is -0.145. The third kappa shape index (κ3) is 5.98. The van der Waals surface area contributed by atoms with E-state index in [1.807, 2.05) is 30.8 Å². The largest absolute Gasteiger partial charge is 0.497 e. The number of thioether (sulfide) groups is 1. The summed E-state index contributed by atoms with van der Waals surface area (Å²) in [5.41, 5.74) is 2.25. The van der Waals surface area contributed by atoms with Crippen LogP contribution in [-0.2, 0) is 9.53 Å². The second-order valence-corrected chi connectivity index (χ2v) is 8.55. The van der Waals surface area contributed by atoms with Crippen molar-refractivity contribution in [1.29, 1.82) is 0 Å². The Balaban J connectivity index is 2.36. The van der Waals surface area contributed by atoms with Crippen molar-refractivity contribution < 1.29 is 14.3 Å². The normalized spacial score (nSPS) is 21.3. The van der Waals surface area contributed by atoms with Crippen molar-refractivity contribution in [3.63, 3.8) is 0 Å². The van der Waals surface area contributed by atoms with Gasteiger partial charge < -0.3 is 14.8 Å². The summed E-state index contributed by atoms with van der Waals surface area (Å²) >= 11 is 6.29. The summed E-state index contributed by atoms with van der Waals surface area (Å²) in [4.78, 5) is 12.7. The van der Waals surface area contributed by atoms with E-state index in [1.165, 1.54) is 18.4 Å². The fourth-order valence-electron chi connectivity index (χ4n) is 3.62. The molecule has 0 saturated carbocycles. The molecular formula is C21H33NO3S2. The van der Waals surface area contributed by atoms with Crippen molar-refractivity contribution in [2.75, 3.05) is 30.5 Å². The molecule has 0 radical (unpaired) electrons. The first-order chi connectivity index (χ1) is 13.2. The van der Waals surface area contributed by atoms with E-state index in [-0.39, 0.29) is 23.2 Å². The number of hydrogen-bond donors (Lipinski definition) is 2. The molecule has 0 aromatic heterocycles. The zero-order valence-electron chi connectivity index (χ0n) is 16.7. The number of ether oxygens (including phenoxy) is 2. The molecule has 1 aliphatic heterocycles. The van der Waals surface area contributed by atoms with Crippen molar-refractivity contribution in [2.24, 2.45) is 5.92 Å². The van der Waals surface area contributed by atoms with E-state index in [2.05, 4.69) is 30.9 Å². The average molecular weight is 412 g/mol. The Morgan fingerprint density at radius 3 is 2.74 bits per heavy atom. The summed E-state index contributed by atoms with van der Waals surface area (Å²) < 4.78 is 10.9. The molecule has 0 fully saturated rings. The van der Waals surface area contributed by atoms with Gasteiger partial charge in [0.2, 0.25) is 0 Å². The van der Waals surface area contributed by atoms with Gasteiger partial charge in [0, 0.05) is 16.9 Å². The summed E-state index contributed by atoms with van der Waals surface area (Å²) in [6, 6.07) is 5.79. The van der Waals surface area contributed by atoms with Gasteiger partial charge in [-0.1, -0.05) is 26.2 Å². The molecule has 0 amide bonds. The van der Waals surface area contributed by atoms with Gasteiger partial charge >= 0.3 is 5.97 Å². The second-order valence-electron chi connectivity index (χ2n) is 6.86. The highest BCUT2D eigenvalue weighted by molar-refractivity contribution is 7.99. The summed E-state index contributed by atoms with van der Waals surface area (Å²) in [7, 11) is 1.70. The monoisotopic (exact) mass is 411 g/mol. The van der Waals surface area contributed by atoms with E-state index in [1.54, 1.807) is 7.11 Å². The number of hydrogen-bond acceptors (Lipinski definition) is 6. The minimum atomic E-state index is -0.295. The molecule has 0 spiro atoms. The van der Waals surface area contributed by atoms with E-state index in [4.69, 9.17) is 9.47 Å². The Morgan fingerprint density at radius 1 is 1.26 bits per heavy atom. The first-order valence-electron chi connectivity index (χ1n) is 9.99. The minimum Gasteiger partial charge on any atom is -0.497 e. The molecule has 1 N–H and O–H groups in total. The second kappa shape index (κ2) is 11.7. The third-order valence-corrected chi connectivity index (χ3v) is 6.78. The lowest BCUT2D eigenvalue weighted by Crippen LogP contribution is -2.44. The van der Waals surface area contributed by atoms with E-state index in [0.717, 1.165) is 42.2 Å². The zero-order chi connectivity index (χ0) is 19.6. The van der Waals surface area contributed by atoms with Crippen molar-refractivity contribution in [3.8, 4) is 5.75 Å². The number of rotatable bonds is 11. The van der Waals surface area contributed by atoms with Gasteiger partial charge in [0.05, 0.1) is 13.7 Å². The minimum absolute atomic E-state index is 0.139. The van der Waals surface area contributed by atoms with Crippen LogP contribution in [0.15, 0.2) is 18.2 Å². The maximum Gasteiger partial charge on any atom is 0.328 e. The first kappa shape index (κ1) is 22.3. The van der Waals surface area contributed by atoms with Gasteiger partial charge in [0.1, 0.15) is 11.8 Å². The molecule has 1 heterocycles. The molecule has 2 rings (SSSR count). The average Bonchev–Trinajstić information content (AvgIpc) is 2.68. The molecule has 6 heteroatoms. The predicted octanol–water partition coefficient (Wildman–Crippen LogP) is 5.34. The molecule has 1 unspecified atom stereocenters. The maximum atomic E-state index is 12.7. The van der Waals surface area contributed by atoms with E-state index in [0.29, 0.717) is 6.61 Å². The number of carbonyl (C=O) groups is 1. The van der Waals surface area contributed by atoms with Gasteiger partial charge in [-0.25, -0.2) is 4.79 Å². The van der Waals surface area contributed by atoms with E-state index < -0.39 is 0 Å². The number of unbranched alkanes of at least 4 members (excludes halogenated alkanes) is 2. The number of fused-ring (bicyclic) bond motifs is 1. The fraction of sp³-hybridized carbons (Fsp3) is 0.667. The molecule has 152 valence electrons. The number of benzene rings is 1. The van der Waals surface area contributed by atoms with Crippen LogP contribution in [0.5, 0.6) is 5.75 Å². The SMILES string of the molecule is CCCCC[C@@H]1C(SCCCS)c2cc(OC)ccc2N[C@@H]1C(=O)OCC. The number of carbonyl (C=O) groups excluding carboxylic acids is 1. The van der Waals surface area contributed by atoms with Crippen LogP contribution in [0.3, 0.4) is 0 Å². The molecule has 4 nitrogen and oxygen atoms in total. The Labute approximate surface area is 173 Å². The highest BCUT2D eigenvalue weighted by Gasteiger charge is 2.41. The fourth-order valence-corrected chi connectivity index (χ4v) is 5.47. The van der Waals surface area contributed by atoms with Crippen molar-refractivity contribution >= 4 is 36.0 Å². The van der Waals surface area contributed by atoms with Crippen LogP contribution < -0.4 is 10.1 Å². The molecule has 1 aromatic rings. The molecule has 1 aliphatic rings. The Hall–Kier alpha value is -1.01. The summed E-state index contributed by atoms with van der Waals surface area (Å²) in [6.45, 7) is 4.48. The highest BCUT2D eigenvalue weighted by Crippen LogP contribution is 2.48. The van der Waals surface area contributed by atoms with Gasteiger partial charge in [0.15, 0.2) is 0 Å². The van der Waals surface area contributed by atoms with E-state index >= 15 is 0 Å². The van der Waals surface area contributed by atoms with Gasteiger partial charge in [-0.2, -0.15) is 24.4 Å². The van der Waals surface area contributed by atoms with Crippen LogP contribution in [0.25, 0.3) is 0 Å². The zero-order valence-corrected chi connectivity index (χ0v) is 18.4. The molecule has 0 aliphatic carbocycles. The van der Waals surface area contributed by atoms with Crippen LogP contribution in [0, 0.1) is 5.92 Å². The van der Waals surface area contributed by atoms with E-state index in [9.17, 15) is 4.79 Å². The van der Waals surface area contributed by atoms with Crippen LogP contribution >= 0.6 is 24.4 Å². The van der Waals surface area contributed by atoms with Gasteiger partial charge in [-0.15, -0.1) is 0 Å². The third-order valence-electron chi connectivity index (χ3n) is 4.97. The Kier molecular flexibility index (Phi) is 9.69. The maximum absolute atomic E-state index is 12.7. The van der Waals surface area contributed by atoms with Gasteiger partial charge in [-0.3, -0.25) is 0 Å². The Morgan fingerprint density at radius 2 is 2.07 bits per heavy atom. The molecule has 0 saturated heterocycles. The number of thiol groups is 1. The van der Waals surface area contributed by atoms with Crippen molar-refractivity contribution in [3.05, 3.63) is 23.8 Å². The predicted molar refractivity (Wildman–Crippen MR) is 118 cm³/mol. The summed E-state index contributed by atoms with van der Waals surface area (Å²) in [5.74, 6) is 2.84. The summed E-state index contributed by atoms with van der Waals surface area (Å²) in [6.07, 6.45) is 5.56. The van der Waals surface area contributed by atoms with Gasteiger partial charge in [0.25, 0.3) is 0 Å². The molecule has 27 heavy (non-hydrogen) atoms. The van der Waals surface area contributed by atoms with Crippen molar-refractivity contribution in [2.45, 2.75) is 57.2 Å². The number of esters is 1. The van der Waals surface area contributed by atoms with Gasteiger partial charge in [-0.05, 0) is 55.0 Å². The molecule has 1 aromatic carbocycles. The Bertz CT molecular complexity index is 597. The first-order valence-corrected chi connectivity index (χ1v) is 11.7. The van der Waals surface area contributed by atoms with Crippen LogP contribution in [0.2, 0.25) is 0 Å². The van der Waals surface area contributed by atoms with Crippen LogP contribution in [0.4, 0.5) is 5.69 Å². The lowest BCUT2D eigenvalue weighted by Gasteiger charge is -2.39.